The SMILES string of the molecule is O=C(O)C1CCCN(C(=O)NC2CCN(c3ccccc3Br)C2)C1. The molecule has 3 rings (SSSR count). The highest BCUT2D eigenvalue weighted by molar-refractivity contribution is 9.10. The van der Waals surface area contributed by atoms with E-state index in [4.69, 9.17) is 5.11 Å². The van der Waals surface area contributed by atoms with Crippen LogP contribution in [0.15, 0.2) is 28.7 Å². The van der Waals surface area contributed by atoms with E-state index in [1.54, 1.807) is 4.90 Å². The van der Waals surface area contributed by atoms with Crippen LogP contribution < -0.4 is 10.2 Å². The van der Waals surface area contributed by atoms with Crippen molar-refractivity contribution in [1.29, 1.82) is 0 Å². The van der Waals surface area contributed by atoms with Crippen molar-refractivity contribution in [2.24, 2.45) is 5.92 Å². The molecular formula is C17H22BrN3O3. The van der Waals surface area contributed by atoms with Crippen molar-refractivity contribution in [3.05, 3.63) is 28.7 Å². The van der Waals surface area contributed by atoms with Crippen LogP contribution in [0.3, 0.4) is 0 Å². The van der Waals surface area contributed by atoms with Crippen LogP contribution in [0.2, 0.25) is 0 Å². The van der Waals surface area contributed by atoms with Crippen LogP contribution >= 0.6 is 15.9 Å². The minimum atomic E-state index is -0.812. The standard InChI is InChI=1S/C17H22BrN3O3/c18-14-5-1-2-6-15(14)20-9-7-13(11-20)19-17(24)21-8-3-4-12(10-21)16(22)23/h1-2,5-6,12-13H,3-4,7-11H2,(H,19,24)(H,22,23). The number of carbonyl (C=O) groups excluding carboxylic acids is 1. The van der Waals surface area contributed by atoms with Crippen molar-refractivity contribution in [3.8, 4) is 0 Å². The summed E-state index contributed by atoms with van der Waals surface area (Å²) < 4.78 is 1.05. The summed E-state index contributed by atoms with van der Waals surface area (Å²) in [6.45, 7) is 2.61. The highest BCUT2D eigenvalue weighted by atomic mass is 79.9. The van der Waals surface area contributed by atoms with Gasteiger partial charge in [0.1, 0.15) is 0 Å². The number of urea groups is 1. The molecule has 2 aliphatic heterocycles. The van der Waals surface area contributed by atoms with E-state index in [9.17, 15) is 9.59 Å². The van der Waals surface area contributed by atoms with Gasteiger partial charge in [-0.3, -0.25) is 4.79 Å². The second-order valence-electron chi connectivity index (χ2n) is 6.46. The maximum absolute atomic E-state index is 12.4. The minimum absolute atomic E-state index is 0.0924. The third kappa shape index (κ3) is 3.83. The van der Waals surface area contributed by atoms with Gasteiger partial charge in [-0.15, -0.1) is 0 Å². The molecule has 6 nitrogen and oxygen atoms in total. The minimum Gasteiger partial charge on any atom is -0.481 e. The Hall–Kier alpha value is -1.76. The molecule has 0 saturated carbocycles. The predicted molar refractivity (Wildman–Crippen MR) is 95.2 cm³/mol. The van der Waals surface area contributed by atoms with E-state index in [0.29, 0.717) is 19.5 Å². The van der Waals surface area contributed by atoms with Gasteiger partial charge in [-0.1, -0.05) is 12.1 Å². The molecule has 24 heavy (non-hydrogen) atoms. The van der Waals surface area contributed by atoms with Gasteiger partial charge >= 0.3 is 12.0 Å². The fourth-order valence-corrected chi connectivity index (χ4v) is 3.97. The first-order valence-corrected chi connectivity index (χ1v) is 9.11. The van der Waals surface area contributed by atoms with E-state index >= 15 is 0 Å². The van der Waals surface area contributed by atoms with E-state index in [0.717, 1.165) is 36.1 Å². The van der Waals surface area contributed by atoms with Gasteiger partial charge in [0.15, 0.2) is 0 Å². The summed E-state index contributed by atoms with van der Waals surface area (Å²) in [5.74, 6) is -1.25. The molecule has 2 fully saturated rings. The monoisotopic (exact) mass is 395 g/mol. The summed E-state index contributed by atoms with van der Waals surface area (Å²) in [5, 5.41) is 12.2. The fraction of sp³-hybridized carbons (Fsp3) is 0.529. The van der Waals surface area contributed by atoms with E-state index < -0.39 is 11.9 Å². The lowest BCUT2D eigenvalue weighted by Crippen LogP contribution is -2.50. The molecule has 0 radical (unpaired) electrons. The molecule has 2 heterocycles. The number of hydrogen-bond donors (Lipinski definition) is 2. The average Bonchev–Trinajstić information content (AvgIpc) is 3.03. The first kappa shape index (κ1) is 17.1. The number of anilines is 1. The summed E-state index contributed by atoms with van der Waals surface area (Å²) in [4.78, 5) is 27.5. The van der Waals surface area contributed by atoms with Crippen molar-refractivity contribution in [3.63, 3.8) is 0 Å². The number of aliphatic carboxylic acids is 1. The van der Waals surface area contributed by atoms with E-state index in [1.165, 1.54) is 0 Å². The lowest BCUT2D eigenvalue weighted by molar-refractivity contribution is -0.143. The van der Waals surface area contributed by atoms with Crippen LogP contribution in [0.25, 0.3) is 0 Å². The first-order valence-electron chi connectivity index (χ1n) is 8.32. The van der Waals surface area contributed by atoms with Crippen molar-refractivity contribution >= 4 is 33.6 Å². The van der Waals surface area contributed by atoms with Crippen LogP contribution in [0.1, 0.15) is 19.3 Å². The third-order valence-electron chi connectivity index (χ3n) is 4.77. The number of carbonyl (C=O) groups is 2. The number of para-hydroxylation sites is 1. The molecule has 2 atom stereocenters. The Morgan fingerprint density at radius 3 is 2.71 bits per heavy atom. The number of nitrogens with zero attached hydrogens (tertiary/aromatic N) is 2. The van der Waals surface area contributed by atoms with E-state index in [1.807, 2.05) is 18.2 Å². The summed E-state index contributed by atoms with van der Waals surface area (Å²) in [6, 6.07) is 8.02. The lowest BCUT2D eigenvalue weighted by Gasteiger charge is -2.31. The molecule has 7 heteroatoms. The van der Waals surface area contributed by atoms with Gasteiger partial charge in [-0.05, 0) is 47.3 Å². The number of piperidine rings is 1. The second kappa shape index (κ2) is 7.42. The van der Waals surface area contributed by atoms with E-state index in [-0.39, 0.29) is 12.1 Å². The number of rotatable bonds is 3. The number of carboxylic acid groups (broad SMARTS) is 1. The van der Waals surface area contributed by atoms with Gasteiger partial charge < -0.3 is 20.2 Å². The maximum Gasteiger partial charge on any atom is 0.317 e. The van der Waals surface area contributed by atoms with Crippen LogP contribution in [0.5, 0.6) is 0 Å². The van der Waals surface area contributed by atoms with Gasteiger partial charge in [-0.2, -0.15) is 0 Å². The fourth-order valence-electron chi connectivity index (χ4n) is 3.43. The molecule has 0 aliphatic carbocycles. The Bertz CT molecular complexity index is 625. The lowest BCUT2D eigenvalue weighted by atomic mass is 9.99. The molecule has 2 amide bonds. The normalized spacial score (nSPS) is 24.0. The van der Waals surface area contributed by atoms with Gasteiger partial charge in [0.2, 0.25) is 0 Å². The summed E-state index contributed by atoms with van der Waals surface area (Å²) in [5.41, 5.74) is 1.14. The van der Waals surface area contributed by atoms with Gasteiger partial charge in [0, 0.05) is 36.7 Å². The van der Waals surface area contributed by atoms with Crippen LogP contribution in [0, 0.1) is 5.92 Å². The Labute approximate surface area is 149 Å². The Morgan fingerprint density at radius 2 is 1.96 bits per heavy atom. The Kier molecular flexibility index (Phi) is 5.28. The van der Waals surface area contributed by atoms with Crippen molar-refractivity contribution in [2.45, 2.75) is 25.3 Å². The quantitative estimate of drug-likeness (QED) is 0.824. The zero-order chi connectivity index (χ0) is 17.1. The highest BCUT2D eigenvalue weighted by Crippen LogP contribution is 2.28. The molecule has 0 aromatic heterocycles. The molecule has 2 N–H and O–H groups in total. The molecule has 2 aliphatic rings. The Balaban J connectivity index is 1.54. The van der Waals surface area contributed by atoms with Crippen molar-refractivity contribution in [2.75, 3.05) is 31.1 Å². The third-order valence-corrected chi connectivity index (χ3v) is 5.44. The molecule has 2 saturated heterocycles. The molecular weight excluding hydrogens is 374 g/mol. The molecule has 2 unspecified atom stereocenters. The maximum atomic E-state index is 12.4. The molecule has 0 spiro atoms. The number of benzene rings is 1. The van der Waals surface area contributed by atoms with Crippen LogP contribution in [0.4, 0.5) is 10.5 Å². The molecule has 1 aromatic carbocycles. The van der Waals surface area contributed by atoms with Gasteiger partial charge in [0.05, 0.1) is 11.6 Å². The smallest absolute Gasteiger partial charge is 0.317 e. The van der Waals surface area contributed by atoms with Crippen molar-refractivity contribution in [1.82, 2.24) is 10.2 Å². The molecule has 130 valence electrons. The average molecular weight is 396 g/mol. The molecule has 0 bridgehead atoms. The van der Waals surface area contributed by atoms with Crippen LogP contribution in [-0.4, -0.2) is 54.2 Å². The topological polar surface area (TPSA) is 72.9 Å². The van der Waals surface area contributed by atoms with Crippen LogP contribution in [-0.2, 0) is 4.79 Å². The number of hydrogen-bond acceptors (Lipinski definition) is 3. The van der Waals surface area contributed by atoms with Gasteiger partial charge in [-0.25, -0.2) is 4.79 Å². The second-order valence-corrected chi connectivity index (χ2v) is 7.31. The number of carboxylic acids is 1. The zero-order valence-electron chi connectivity index (χ0n) is 13.4. The summed E-state index contributed by atoms with van der Waals surface area (Å²) in [6.07, 6.45) is 2.29. The number of likely N-dealkylation sites (tertiary alicyclic amines) is 1. The highest BCUT2D eigenvalue weighted by Gasteiger charge is 2.31. The summed E-state index contributed by atoms with van der Waals surface area (Å²) >= 11 is 3.57. The number of halogens is 1. The van der Waals surface area contributed by atoms with Gasteiger partial charge in [0.25, 0.3) is 0 Å². The largest absolute Gasteiger partial charge is 0.481 e. The Morgan fingerprint density at radius 1 is 1.17 bits per heavy atom. The summed E-state index contributed by atoms with van der Waals surface area (Å²) in [7, 11) is 0. The van der Waals surface area contributed by atoms with Crippen molar-refractivity contribution < 1.29 is 14.7 Å². The first-order chi connectivity index (χ1) is 11.5. The zero-order valence-corrected chi connectivity index (χ0v) is 15.0. The van der Waals surface area contributed by atoms with E-state index in [2.05, 4.69) is 32.2 Å². The number of amides is 2. The molecule has 1 aromatic rings. The predicted octanol–water partition coefficient (Wildman–Crippen LogP) is 2.53. The number of nitrogens with one attached hydrogen (secondary N) is 1.